The summed E-state index contributed by atoms with van der Waals surface area (Å²) in [7, 11) is -2.48. The van der Waals surface area contributed by atoms with Gasteiger partial charge in [0.1, 0.15) is 5.69 Å². The molecule has 0 radical (unpaired) electrons. The highest BCUT2D eigenvalue weighted by Gasteiger charge is 2.30. The van der Waals surface area contributed by atoms with Gasteiger partial charge in [-0.2, -0.15) is 0 Å². The Morgan fingerprint density at radius 2 is 1.15 bits per heavy atom. The van der Waals surface area contributed by atoms with Crippen LogP contribution < -0.4 is 26.2 Å². The monoisotopic (exact) mass is 472 g/mol. The van der Waals surface area contributed by atoms with Crippen molar-refractivity contribution in [2.75, 3.05) is 0 Å². The largest absolute Gasteiger partial charge is 0.447 e. The molecule has 1 aromatic heterocycles. The van der Waals surface area contributed by atoms with Gasteiger partial charge in [-0.3, -0.25) is 4.52 Å². The molecular weight excluding hydrogens is 453 g/mol. The van der Waals surface area contributed by atoms with Crippen LogP contribution >= 0.6 is 18.7 Å². The van der Waals surface area contributed by atoms with E-state index >= 15 is 0 Å². The average molecular weight is 473 g/mol. The van der Waals surface area contributed by atoms with Gasteiger partial charge in [-0.05, 0) is 16.0 Å². The number of halogens is 1. The fourth-order valence-electron chi connectivity index (χ4n) is 3.87. The normalized spacial score (nSPS) is 11.3. The van der Waals surface area contributed by atoms with E-state index in [9.17, 15) is 4.79 Å². The van der Waals surface area contributed by atoms with Crippen LogP contribution in [-0.2, 0) is 0 Å². The summed E-state index contributed by atoms with van der Waals surface area (Å²) in [5.41, 5.74) is 0.675. The predicted octanol–water partition coefficient (Wildman–Crippen LogP) is 4.71. The molecule has 1 N–H and O–H groups in total. The Morgan fingerprint density at radius 1 is 0.697 bits per heavy atom. The highest BCUT2D eigenvalue weighted by atomic mass is 35.5. The minimum atomic E-state index is -2.48. The Morgan fingerprint density at radius 3 is 1.61 bits per heavy atom. The van der Waals surface area contributed by atoms with Crippen LogP contribution in [0.5, 0.6) is 0 Å². The second kappa shape index (κ2) is 9.07. The van der Waals surface area contributed by atoms with Crippen molar-refractivity contribution < 1.29 is 9.20 Å². The number of rotatable bonds is 5. The smallest absolute Gasteiger partial charge is 0.281 e. The maximum absolute atomic E-state index is 11.9. The third-order valence-electron chi connectivity index (χ3n) is 5.36. The number of H-pyrrole nitrogens is 1. The third kappa shape index (κ3) is 3.86. The lowest BCUT2D eigenvalue weighted by Gasteiger charge is -2.26. The molecule has 0 saturated heterocycles. The molecule has 7 heteroatoms. The zero-order valence-electron chi connectivity index (χ0n) is 17.5. The minimum Gasteiger partial charge on any atom is -0.281 e. The molecular formula is C26H20ClN3O2P+. The van der Waals surface area contributed by atoms with Crippen molar-refractivity contribution in [3.63, 3.8) is 0 Å². The van der Waals surface area contributed by atoms with Crippen LogP contribution in [0.25, 0.3) is 5.69 Å². The van der Waals surface area contributed by atoms with E-state index in [-0.39, 0.29) is 5.15 Å². The summed E-state index contributed by atoms with van der Waals surface area (Å²) in [6.07, 6.45) is 0. The first-order chi connectivity index (χ1) is 16.2. The van der Waals surface area contributed by atoms with Gasteiger partial charge < -0.3 is 0 Å². The fraction of sp³-hybridized carbons (Fsp3) is 0. The van der Waals surface area contributed by atoms with Crippen molar-refractivity contribution in [2.24, 2.45) is 4.74 Å². The van der Waals surface area contributed by atoms with Gasteiger partial charge >= 0.3 is 10.8 Å². The van der Waals surface area contributed by atoms with Gasteiger partial charge in [0.15, 0.2) is 0 Å². The lowest BCUT2D eigenvalue weighted by atomic mass is 10.3. The molecule has 4 aromatic carbocycles. The minimum absolute atomic E-state index is 0.0688. The maximum atomic E-state index is 11.9. The first kappa shape index (κ1) is 21.2. The van der Waals surface area contributed by atoms with Crippen molar-refractivity contribution >= 4 is 40.3 Å². The van der Waals surface area contributed by atoms with Crippen molar-refractivity contribution in [3.8, 4) is 5.69 Å². The first-order valence-electron chi connectivity index (χ1n) is 10.4. The van der Waals surface area contributed by atoms with Crippen molar-refractivity contribution in [1.29, 1.82) is 0 Å². The van der Waals surface area contributed by atoms with Crippen LogP contribution in [0.3, 0.4) is 0 Å². The van der Waals surface area contributed by atoms with Gasteiger partial charge in [0.2, 0.25) is 0 Å². The molecule has 1 heterocycles. The van der Waals surface area contributed by atoms with E-state index in [0.29, 0.717) is 11.4 Å². The van der Waals surface area contributed by atoms with Crippen LogP contribution in [0.4, 0.5) is 5.69 Å². The number of para-hydroxylation sites is 1. The molecule has 0 aliphatic rings. The molecule has 0 atom stereocenters. The molecule has 162 valence electrons. The van der Waals surface area contributed by atoms with E-state index in [2.05, 4.69) is 41.7 Å². The van der Waals surface area contributed by atoms with E-state index < -0.39 is 12.7 Å². The van der Waals surface area contributed by atoms with Crippen LogP contribution in [-0.4, -0.2) is 5.27 Å². The molecule has 0 aliphatic carbocycles. The summed E-state index contributed by atoms with van der Waals surface area (Å²) in [4.78, 5) is 11.9. The number of aromatic nitrogens is 2. The fourth-order valence-corrected chi connectivity index (χ4v) is 7.57. The average Bonchev–Trinajstić information content (AvgIpc) is 3.22. The number of nitrogens with one attached hydrogen (secondary N) is 1. The van der Waals surface area contributed by atoms with Crippen LogP contribution in [0, 0.1) is 0 Å². The molecule has 0 aliphatic heterocycles. The van der Waals surface area contributed by atoms with E-state index in [1.54, 1.807) is 0 Å². The summed E-state index contributed by atoms with van der Waals surface area (Å²) >= 11 is 6.23. The Labute approximate surface area is 195 Å². The van der Waals surface area contributed by atoms with Gasteiger partial charge in [0.05, 0.1) is 7.05 Å². The van der Waals surface area contributed by atoms with E-state index in [4.69, 9.17) is 20.9 Å². The quantitative estimate of drug-likeness (QED) is 0.297. The summed E-state index contributed by atoms with van der Waals surface area (Å²) in [6, 6.07) is 38.6. The second-order valence-corrected chi connectivity index (χ2v) is 10.7. The lowest BCUT2D eigenvalue weighted by Crippen LogP contribution is -2.34. The Balaban J connectivity index is 1.92. The SMILES string of the molecule is O=c1o[nH][n+](-c2ccccc2N=P(c2ccccc2)(c2ccccc2)c2ccccc2)c1Cl. The third-order valence-corrected chi connectivity index (χ3v) is 9.34. The second-order valence-electron chi connectivity index (χ2n) is 7.34. The molecule has 5 rings (SSSR count). The summed E-state index contributed by atoms with van der Waals surface area (Å²) in [5.74, 6) is 0. The molecule has 0 fully saturated rings. The highest BCUT2D eigenvalue weighted by molar-refractivity contribution is 7.87. The molecule has 0 unspecified atom stereocenters. The Bertz CT molecular complexity index is 1390. The first-order valence-corrected chi connectivity index (χ1v) is 12.5. The van der Waals surface area contributed by atoms with Crippen LogP contribution in [0.2, 0.25) is 5.15 Å². The lowest BCUT2D eigenvalue weighted by molar-refractivity contribution is -0.667. The summed E-state index contributed by atoms with van der Waals surface area (Å²) in [5, 5.41) is 5.87. The molecule has 33 heavy (non-hydrogen) atoms. The molecule has 0 bridgehead atoms. The number of benzene rings is 4. The highest BCUT2D eigenvalue weighted by Crippen LogP contribution is 2.49. The van der Waals surface area contributed by atoms with Gasteiger partial charge in [-0.15, -0.1) is 0 Å². The van der Waals surface area contributed by atoms with Crippen LogP contribution in [0.1, 0.15) is 0 Å². The molecule has 0 spiro atoms. The van der Waals surface area contributed by atoms with E-state index in [1.165, 1.54) is 4.68 Å². The maximum Gasteiger partial charge on any atom is 0.447 e. The zero-order chi connectivity index (χ0) is 22.7. The van der Waals surface area contributed by atoms with Crippen molar-refractivity contribution in [2.45, 2.75) is 0 Å². The van der Waals surface area contributed by atoms with Crippen LogP contribution in [0.15, 0.2) is 129 Å². The Kier molecular flexibility index (Phi) is 5.82. The van der Waals surface area contributed by atoms with E-state index in [0.717, 1.165) is 15.9 Å². The summed E-state index contributed by atoms with van der Waals surface area (Å²) < 4.78 is 11.8. The van der Waals surface area contributed by atoms with Gasteiger partial charge in [0, 0.05) is 33.6 Å². The predicted molar refractivity (Wildman–Crippen MR) is 133 cm³/mol. The molecule has 5 aromatic rings. The number of aromatic amines is 1. The molecule has 0 amide bonds. The molecule has 5 nitrogen and oxygen atoms in total. The number of hydrogen-bond acceptors (Lipinski definition) is 3. The standard InChI is InChI=1S/C26H19ClN3O2P/c27-25-26(31)32-29-30(25)24-19-11-10-18-23(24)28-33(20-12-4-1-5-13-20,21-14-6-2-7-15-21)22-16-8-3-9-17-22/h1-19H/p+1. The van der Waals surface area contributed by atoms with Crippen molar-refractivity contribution in [3.05, 3.63) is 131 Å². The number of hydrogen-bond donors (Lipinski definition) is 1. The topological polar surface area (TPSA) is 62.2 Å². The summed E-state index contributed by atoms with van der Waals surface area (Å²) in [6.45, 7) is 0. The van der Waals surface area contributed by atoms with Crippen molar-refractivity contribution in [1.82, 2.24) is 5.27 Å². The zero-order valence-corrected chi connectivity index (χ0v) is 19.2. The van der Waals surface area contributed by atoms with E-state index in [1.807, 2.05) is 78.9 Å². The molecule has 0 saturated carbocycles. The van der Waals surface area contributed by atoms with Gasteiger partial charge in [-0.25, -0.2) is 9.54 Å². The Hall–Kier alpha value is -3.66. The number of nitrogens with zero attached hydrogens (tertiary/aromatic N) is 2. The van der Waals surface area contributed by atoms with Gasteiger partial charge in [-0.1, -0.05) is 103 Å². The van der Waals surface area contributed by atoms with Gasteiger partial charge in [0.25, 0.3) is 5.69 Å².